The number of piperidine rings is 1. The number of nitro groups is 1. The van der Waals surface area contributed by atoms with E-state index in [1.165, 1.54) is 24.3 Å². The fraction of sp³-hybridized carbons (Fsp3) is 0.333. The number of amides is 2. The fourth-order valence-corrected chi connectivity index (χ4v) is 3.56. The van der Waals surface area contributed by atoms with E-state index < -0.39 is 16.9 Å². The van der Waals surface area contributed by atoms with Gasteiger partial charge in [-0.05, 0) is 49.4 Å². The number of likely N-dealkylation sites (tertiary alicyclic amines) is 1. The molecule has 2 aromatic rings. The number of nitro benzene ring substituents is 1. The molecule has 1 heterocycles. The van der Waals surface area contributed by atoms with Crippen LogP contribution < -0.4 is 5.32 Å². The number of hydrogen-bond donors (Lipinski definition) is 2. The zero-order valence-electron chi connectivity index (χ0n) is 16.1. The Bertz CT molecular complexity index is 905. The molecule has 29 heavy (non-hydrogen) atoms. The van der Waals surface area contributed by atoms with Crippen molar-refractivity contribution in [1.82, 2.24) is 10.2 Å². The van der Waals surface area contributed by atoms with Crippen LogP contribution in [0.3, 0.4) is 0 Å². The highest BCUT2D eigenvalue weighted by Crippen LogP contribution is 2.29. The maximum atomic E-state index is 12.7. The Kier molecular flexibility index (Phi) is 6.11. The first-order chi connectivity index (χ1) is 13.8. The molecule has 0 radical (unpaired) electrons. The van der Waals surface area contributed by atoms with Crippen molar-refractivity contribution >= 4 is 17.5 Å². The lowest BCUT2D eigenvalue weighted by Crippen LogP contribution is -2.49. The Morgan fingerprint density at radius 1 is 1.17 bits per heavy atom. The van der Waals surface area contributed by atoms with Gasteiger partial charge in [-0.1, -0.05) is 18.2 Å². The Morgan fingerprint density at radius 3 is 2.45 bits per heavy atom. The molecule has 0 aliphatic carbocycles. The number of phenolic OH excluding ortho intramolecular Hbond substituents is 1. The highest BCUT2D eigenvalue weighted by molar-refractivity contribution is 5.97. The van der Waals surface area contributed by atoms with Crippen LogP contribution in [0.2, 0.25) is 0 Å². The van der Waals surface area contributed by atoms with Gasteiger partial charge in [-0.3, -0.25) is 19.7 Å². The quantitative estimate of drug-likeness (QED) is 0.595. The van der Waals surface area contributed by atoms with Gasteiger partial charge in [0, 0.05) is 30.8 Å². The molecule has 8 heteroatoms. The number of hydrogen-bond acceptors (Lipinski definition) is 5. The second-order valence-corrected chi connectivity index (χ2v) is 7.19. The first-order valence-corrected chi connectivity index (χ1v) is 9.48. The van der Waals surface area contributed by atoms with Crippen molar-refractivity contribution in [1.29, 1.82) is 0 Å². The van der Waals surface area contributed by atoms with Crippen molar-refractivity contribution in [3.05, 3.63) is 69.8 Å². The van der Waals surface area contributed by atoms with E-state index in [9.17, 15) is 24.8 Å². The summed E-state index contributed by atoms with van der Waals surface area (Å²) < 4.78 is 0. The molecular formula is C21H23N3O5. The Balaban J connectivity index is 1.55. The molecule has 1 fully saturated rings. The summed E-state index contributed by atoms with van der Waals surface area (Å²) in [6.45, 7) is 2.78. The number of phenols is 1. The standard InChI is InChI=1S/C21H23N3O5/c1-14(22-20(26)17-3-2-4-18(13-17)24(28)29)21(27)23-11-9-16(10-12-23)15-5-7-19(25)8-6-15/h2-8,13-14,16,25H,9-12H2,1H3,(H,22,26). The van der Waals surface area contributed by atoms with E-state index in [0.29, 0.717) is 19.0 Å². The van der Waals surface area contributed by atoms with E-state index >= 15 is 0 Å². The summed E-state index contributed by atoms with van der Waals surface area (Å²) in [5, 5.41) is 22.9. The van der Waals surface area contributed by atoms with Crippen molar-refractivity contribution in [2.45, 2.75) is 31.7 Å². The molecule has 8 nitrogen and oxygen atoms in total. The monoisotopic (exact) mass is 397 g/mol. The summed E-state index contributed by atoms with van der Waals surface area (Å²) in [5.74, 6) is -0.134. The highest BCUT2D eigenvalue weighted by atomic mass is 16.6. The van der Waals surface area contributed by atoms with Gasteiger partial charge in [-0.25, -0.2) is 0 Å². The van der Waals surface area contributed by atoms with E-state index in [4.69, 9.17) is 0 Å². The van der Waals surface area contributed by atoms with E-state index in [1.54, 1.807) is 24.0 Å². The molecule has 2 N–H and O–H groups in total. The summed E-state index contributed by atoms with van der Waals surface area (Å²) in [5.41, 5.74) is 1.11. The minimum Gasteiger partial charge on any atom is -0.508 e. The zero-order chi connectivity index (χ0) is 21.0. The molecule has 0 aromatic heterocycles. The number of benzene rings is 2. The minimum absolute atomic E-state index is 0.143. The Morgan fingerprint density at radius 2 is 1.83 bits per heavy atom. The second kappa shape index (κ2) is 8.72. The van der Waals surface area contributed by atoms with Crippen molar-refractivity contribution in [2.75, 3.05) is 13.1 Å². The molecule has 1 aliphatic rings. The number of carbonyl (C=O) groups is 2. The van der Waals surface area contributed by atoms with Gasteiger partial charge < -0.3 is 15.3 Å². The lowest BCUT2D eigenvalue weighted by Gasteiger charge is -2.34. The largest absolute Gasteiger partial charge is 0.508 e. The van der Waals surface area contributed by atoms with Gasteiger partial charge in [-0.2, -0.15) is 0 Å². The minimum atomic E-state index is -0.730. The van der Waals surface area contributed by atoms with Crippen LogP contribution in [0.4, 0.5) is 5.69 Å². The Hall–Kier alpha value is -3.42. The van der Waals surface area contributed by atoms with E-state index in [-0.39, 0.29) is 22.9 Å². The van der Waals surface area contributed by atoms with Crippen LogP contribution in [-0.4, -0.2) is 45.9 Å². The van der Waals surface area contributed by atoms with E-state index in [0.717, 1.165) is 18.4 Å². The molecule has 0 saturated carbocycles. The number of nitrogens with zero attached hydrogens (tertiary/aromatic N) is 2. The summed E-state index contributed by atoms with van der Waals surface area (Å²) in [6, 6.07) is 11.8. The maximum absolute atomic E-state index is 12.7. The maximum Gasteiger partial charge on any atom is 0.270 e. The molecule has 1 aliphatic heterocycles. The zero-order valence-corrected chi connectivity index (χ0v) is 16.1. The predicted octanol–water partition coefficient (Wildman–Crippen LogP) is 2.82. The lowest BCUT2D eigenvalue weighted by molar-refractivity contribution is -0.384. The molecule has 1 atom stereocenters. The molecule has 3 rings (SSSR count). The number of aromatic hydroxyl groups is 1. The van der Waals surface area contributed by atoms with Crippen LogP contribution in [-0.2, 0) is 4.79 Å². The second-order valence-electron chi connectivity index (χ2n) is 7.19. The average Bonchev–Trinajstić information content (AvgIpc) is 2.74. The molecule has 2 aromatic carbocycles. The van der Waals surface area contributed by atoms with Crippen LogP contribution >= 0.6 is 0 Å². The molecule has 1 unspecified atom stereocenters. The summed E-state index contributed by atoms with van der Waals surface area (Å²) >= 11 is 0. The third-order valence-corrected chi connectivity index (χ3v) is 5.21. The topological polar surface area (TPSA) is 113 Å². The third-order valence-electron chi connectivity index (χ3n) is 5.21. The number of carbonyl (C=O) groups excluding carboxylic acids is 2. The molecule has 0 spiro atoms. The van der Waals surface area contributed by atoms with Crippen LogP contribution in [0, 0.1) is 10.1 Å². The van der Waals surface area contributed by atoms with Crippen molar-refractivity contribution in [3.8, 4) is 5.75 Å². The van der Waals surface area contributed by atoms with Gasteiger partial charge in [-0.15, -0.1) is 0 Å². The Labute approximate surface area is 168 Å². The summed E-state index contributed by atoms with van der Waals surface area (Å²) in [6.07, 6.45) is 1.62. The van der Waals surface area contributed by atoms with Crippen molar-refractivity contribution < 1.29 is 19.6 Å². The SMILES string of the molecule is CC(NC(=O)c1cccc([N+](=O)[O-])c1)C(=O)N1CCC(c2ccc(O)cc2)CC1. The van der Waals surface area contributed by atoms with Gasteiger partial charge in [0.1, 0.15) is 11.8 Å². The number of nitrogens with one attached hydrogen (secondary N) is 1. The summed E-state index contributed by atoms with van der Waals surface area (Å²) in [7, 11) is 0. The fourth-order valence-electron chi connectivity index (χ4n) is 3.56. The third kappa shape index (κ3) is 4.90. The first kappa shape index (κ1) is 20.3. The van der Waals surface area contributed by atoms with Gasteiger partial charge in [0.05, 0.1) is 4.92 Å². The normalized spacial score (nSPS) is 15.6. The lowest BCUT2D eigenvalue weighted by atomic mass is 9.89. The van der Waals surface area contributed by atoms with Gasteiger partial charge in [0.15, 0.2) is 0 Å². The molecular weight excluding hydrogens is 374 g/mol. The van der Waals surface area contributed by atoms with Gasteiger partial charge in [0.25, 0.3) is 11.6 Å². The molecule has 2 amide bonds. The van der Waals surface area contributed by atoms with Crippen LogP contribution in [0.15, 0.2) is 48.5 Å². The first-order valence-electron chi connectivity index (χ1n) is 9.48. The predicted molar refractivity (Wildman–Crippen MR) is 107 cm³/mol. The summed E-state index contributed by atoms with van der Waals surface area (Å²) in [4.78, 5) is 37.1. The van der Waals surface area contributed by atoms with Gasteiger partial charge >= 0.3 is 0 Å². The van der Waals surface area contributed by atoms with Crippen LogP contribution in [0.25, 0.3) is 0 Å². The number of non-ortho nitro benzene ring substituents is 1. The average molecular weight is 397 g/mol. The van der Waals surface area contributed by atoms with Gasteiger partial charge in [0.2, 0.25) is 5.91 Å². The molecule has 1 saturated heterocycles. The van der Waals surface area contributed by atoms with E-state index in [1.807, 2.05) is 12.1 Å². The highest BCUT2D eigenvalue weighted by Gasteiger charge is 2.27. The van der Waals surface area contributed by atoms with Crippen molar-refractivity contribution in [3.63, 3.8) is 0 Å². The van der Waals surface area contributed by atoms with Crippen LogP contribution in [0.5, 0.6) is 5.75 Å². The van der Waals surface area contributed by atoms with Crippen LogP contribution in [0.1, 0.15) is 41.6 Å². The molecule has 0 bridgehead atoms. The number of rotatable bonds is 5. The van der Waals surface area contributed by atoms with E-state index in [2.05, 4.69) is 5.32 Å². The van der Waals surface area contributed by atoms with Crippen molar-refractivity contribution in [2.24, 2.45) is 0 Å². The molecule has 152 valence electrons. The smallest absolute Gasteiger partial charge is 0.270 e.